The van der Waals surface area contributed by atoms with Gasteiger partial charge in [-0.2, -0.15) is 0 Å². The Hall–Kier alpha value is -3.02. The molecule has 0 aliphatic carbocycles. The molecule has 0 fully saturated rings. The van der Waals surface area contributed by atoms with Crippen molar-refractivity contribution in [2.75, 3.05) is 23.3 Å². The zero-order chi connectivity index (χ0) is 20.9. The maximum Gasteiger partial charge on any atom is 0.414 e. The molecule has 6 nitrogen and oxygen atoms in total. The molecule has 154 valence electrons. The van der Waals surface area contributed by atoms with Gasteiger partial charge in [-0.25, -0.2) is 9.59 Å². The Bertz CT molecular complexity index is 859. The van der Waals surface area contributed by atoms with E-state index in [0.29, 0.717) is 18.8 Å². The number of aryl methyl sites for hydroxylation is 1. The van der Waals surface area contributed by atoms with E-state index in [4.69, 9.17) is 4.74 Å². The molecule has 29 heavy (non-hydrogen) atoms. The summed E-state index contributed by atoms with van der Waals surface area (Å²) in [6.45, 7) is 6.78. The molecule has 6 heteroatoms. The molecule has 1 aliphatic heterocycles. The van der Waals surface area contributed by atoms with Crippen LogP contribution in [-0.4, -0.2) is 30.8 Å². The van der Waals surface area contributed by atoms with Crippen LogP contribution in [0.2, 0.25) is 0 Å². The van der Waals surface area contributed by atoms with Crippen LogP contribution in [0, 0.1) is 0 Å². The van der Waals surface area contributed by atoms with E-state index in [1.54, 1.807) is 4.90 Å². The molecule has 1 aliphatic rings. The maximum atomic E-state index is 12.5. The highest BCUT2D eigenvalue weighted by Gasteiger charge is 2.27. The van der Waals surface area contributed by atoms with Crippen LogP contribution < -0.4 is 15.5 Å². The minimum atomic E-state index is -0.534. The van der Waals surface area contributed by atoms with Crippen molar-refractivity contribution in [3.05, 3.63) is 59.7 Å². The third kappa shape index (κ3) is 5.98. The number of anilines is 2. The molecule has 1 heterocycles. The van der Waals surface area contributed by atoms with E-state index in [1.807, 2.05) is 69.3 Å². The van der Waals surface area contributed by atoms with Gasteiger partial charge in [0.25, 0.3) is 0 Å². The maximum absolute atomic E-state index is 12.5. The Morgan fingerprint density at radius 2 is 1.86 bits per heavy atom. The fraction of sp³-hybridized carbons (Fsp3) is 0.391. The number of urea groups is 1. The predicted molar refractivity (Wildman–Crippen MR) is 116 cm³/mol. The van der Waals surface area contributed by atoms with Crippen molar-refractivity contribution in [3.63, 3.8) is 0 Å². The number of nitrogens with one attached hydrogen (secondary N) is 2. The third-order valence-corrected chi connectivity index (χ3v) is 4.61. The second-order valence-electron chi connectivity index (χ2n) is 8.20. The zero-order valence-corrected chi connectivity index (χ0v) is 17.3. The van der Waals surface area contributed by atoms with Crippen LogP contribution in [0.15, 0.2) is 48.5 Å². The molecule has 3 rings (SSSR count). The number of rotatable bonds is 4. The normalized spacial score (nSPS) is 13.4. The standard InChI is InChI=1S/C23H29N3O3/c1-23(2,3)29-22(28)26-15-7-10-18-16-19(11-12-20(18)26)25-21(27)24-14-13-17-8-5-4-6-9-17/h4-6,8-9,11-12,16H,7,10,13-15H2,1-3H3,(H2,24,25,27). The van der Waals surface area contributed by atoms with E-state index in [9.17, 15) is 9.59 Å². The number of hydrogen-bond donors (Lipinski definition) is 2. The van der Waals surface area contributed by atoms with Crippen LogP contribution in [0.3, 0.4) is 0 Å². The summed E-state index contributed by atoms with van der Waals surface area (Å²) in [4.78, 5) is 26.4. The molecular weight excluding hydrogens is 366 g/mol. The molecule has 0 saturated heterocycles. The number of carbonyl (C=O) groups excluding carboxylic acids is 2. The number of ether oxygens (including phenoxy) is 1. The molecule has 0 radical (unpaired) electrons. The topological polar surface area (TPSA) is 70.7 Å². The van der Waals surface area contributed by atoms with Gasteiger partial charge in [-0.3, -0.25) is 4.90 Å². The van der Waals surface area contributed by atoms with Crippen LogP contribution >= 0.6 is 0 Å². The summed E-state index contributed by atoms with van der Waals surface area (Å²) in [7, 11) is 0. The van der Waals surface area contributed by atoms with Gasteiger partial charge in [0.05, 0.1) is 5.69 Å². The Labute approximate surface area is 172 Å². The Balaban J connectivity index is 1.58. The quantitative estimate of drug-likeness (QED) is 0.786. The minimum absolute atomic E-state index is 0.235. The van der Waals surface area contributed by atoms with Crippen molar-refractivity contribution in [2.24, 2.45) is 0 Å². The second-order valence-corrected chi connectivity index (χ2v) is 8.20. The smallest absolute Gasteiger partial charge is 0.414 e. The van der Waals surface area contributed by atoms with Crippen molar-refractivity contribution in [3.8, 4) is 0 Å². The first-order valence-electron chi connectivity index (χ1n) is 10.0. The molecule has 0 spiro atoms. The minimum Gasteiger partial charge on any atom is -0.443 e. The predicted octanol–water partition coefficient (Wildman–Crippen LogP) is 4.74. The molecule has 0 aromatic heterocycles. The van der Waals surface area contributed by atoms with Crippen LogP contribution in [-0.2, 0) is 17.6 Å². The fourth-order valence-electron chi connectivity index (χ4n) is 3.32. The highest BCUT2D eigenvalue weighted by Crippen LogP contribution is 2.30. The summed E-state index contributed by atoms with van der Waals surface area (Å²) in [5, 5.41) is 5.75. The Morgan fingerprint density at radius 1 is 1.10 bits per heavy atom. The zero-order valence-electron chi connectivity index (χ0n) is 17.3. The van der Waals surface area contributed by atoms with Gasteiger partial charge in [0.15, 0.2) is 0 Å². The van der Waals surface area contributed by atoms with Crippen LogP contribution in [0.25, 0.3) is 0 Å². The number of fused-ring (bicyclic) bond motifs is 1. The number of hydrogen-bond acceptors (Lipinski definition) is 3. The van der Waals surface area contributed by atoms with Gasteiger partial charge < -0.3 is 15.4 Å². The van der Waals surface area contributed by atoms with Crippen molar-refractivity contribution >= 4 is 23.5 Å². The summed E-state index contributed by atoms with van der Waals surface area (Å²) < 4.78 is 5.52. The van der Waals surface area contributed by atoms with Gasteiger partial charge in [-0.15, -0.1) is 0 Å². The third-order valence-electron chi connectivity index (χ3n) is 4.61. The molecule has 0 unspecified atom stereocenters. The highest BCUT2D eigenvalue weighted by molar-refractivity contribution is 5.92. The van der Waals surface area contributed by atoms with Crippen molar-refractivity contribution < 1.29 is 14.3 Å². The molecule has 0 atom stereocenters. The van der Waals surface area contributed by atoms with E-state index in [2.05, 4.69) is 10.6 Å². The van der Waals surface area contributed by atoms with Crippen molar-refractivity contribution in [1.82, 2.24) is 5.32 Å². The number of amides is 3. The second kappa shape index (κ2) is 8.99. The summed E-state index contributed by atoms with van der Waals surface area (Å²) in [5.74, 6) is 0. The first kappa shape index (κ1) is 20.7. The van der Waals surface area contributed by atoms with Gasteiger partial charge in [0, 0.05) is 18.8 Å². The fourth-order valence-corrected chi connectivity index (χ4v) is 3.32. The van der Waals surface area contributed by atoms with E-state index >= 15 is 0 Å². The first-order valence-corrected chi connectivity index (χ1v) is 10.0. The lowest BCUT2D eigenvalue weighted by atomic mass is 10.0. The molecule has 2 aromatic carbocycles. The largest absolute Gasteiger partial charge is 0.443 e. The molecule has 3 amide bonds. The Kier molecular flexibility index (Phi) is 6.42. The molecule has 2 aromatic rings. The summed E-state index contributed by atoms with van der Waals surface area (Å²) in [6.07, 6.45) is 2.17. The molecule has 0 bridgehead atoms. The van der Waals surface area contributed by atoms with Crippen molar-refractivity contribution in [2.45, 2.75) is 45.6 Å². The lowest BCUT2D eigenvalue weighted by Gasteiger charge is -2.32. The first-order chi connectivity index (χ1) is 13.8. The Morgan fingerprint density at radius 3 is 2.59 bits per heavy atom. The van der Waals surface area contributed by atoms with Crippen LogP contribution in [0.4, 0.5) is 21.0 Å². The lowest BCUT2D eigenvalue weighted by Crippen LogP contribution is -2.39. The highest BCUT2D eigenvalue weighted by atomic mass is 16.6. The van der Waals surface area contributed by atoms with E-state index in [-0.39, 0.29) is 12.1 Å². The lowest BCUT2D eigenvalue weighted by molar-refractivity contribution is 0.0578. The summed E-state index contributed by atoms with van der Waals surface area (Å²) in [5.41, 5.74) is 3.24. The van der Waals surface area contributed by atoms with E-state index in [1.165, 1.54) is 5.56 Å². The van der Waals surface area contributed by atoms with E-state index in [0.717, 1.165) is 30.5 Å². The number of benzene rings is 2. The van der Waals surface area contributed by atoms with Crippen LogP contribution in [0.1, 0.15) is 38.3 Å². The van der Waals surface area contributed by atoms with Gasteiger partial charge in [0.2, 0.25) is 0 Å². The van der Waals surface area contributed by atoms with Gasteiger partial charge in [-0.05, 0) is 69.4 Å². The molecule has 0 saturated carbocycles. The summed E-state index contributed by atoms with van der Waals surface area (Å²) in [6, 6.07) is 15.4. The molecule has 2 N–H and O–H groups in total. The summed E-state index contributed by atoms with van der Waals surface area (Å²) >= 11 is 0. The number of nitrogens with zero attached hydrogens (tertiary/aromatic N) is 1. The number of carbonyl (C=O) groups is 2. The van der Waals surface area contributed by atoms with E-state index < -0.39 is 5.60 Å². The monoisotopic (exact) mass is 395 g/mol. The van der Waals surface area contributed by atoms with Gasteiger partial charge in [0.1, 0.15) is 5.60 Å². The molecular formula is C23H29N3O3. The SMILES string of the molecule is CC(C)(C)OC(=O)N1CCCc2cc(NC(=O)NCCc3ccccc3)ccc21. The average molecular weight is 396 g/mol. The average Bonchev–Trinajstić information content (AvgIpc) is 2.67. The van der Waals surface area contributed by atoms with Crippen molar-refractivity contribution in [1.29, 1.82) is 0 Å². The van der Waals surface area contributed by atoms with Gasteiger partial charge in [-0.1, -0.05) is 30.3 Å². The van der Waals surface area contributed by atoms with Crippen LogP contribution in [0.5, 0.6) is 0 Å². The van der Waals surface area contributed by atoms with Gasteiger partial charge >= 0.3 is 12.1 Å².